The number of amides is 1. The molecule has 0 unspecified atom stereocenters. The Bertz CT molecular complexity index is 1460. The van der Waals surface area contributed by atoms with Crippen molar-refractivity contribution in [3.8, 4) is 0 Å². The molecule has 39 heavy (non-hydrogen) atoms. The molecule has 0 aromatic heterocycles. The van der Waals surface area contributed by atoms with E-state index in [0.29, 0.717) is 12.8 Å². The highest BCUT2D eigenvalue weighted by atomic mass is 32.2. The van der Waals surface area contributed by atoms with Gasteiger partial charge >= 0.3 is 6.18 Å². The molecule has 3 aromatic carbocycles. The Balaban J connectivity index is 1.26. The molecule has 2 fully saturated rings. The fourth-order valence-corrected chi connectivity index (χ4v) is 7.08. The fraction of sp³-hybridized carbons (Fsp3) is 0.393. The van der Waals surface area contributed by atoms with Gasteiger partial charge in [0.05, 0.1) is 23.1 Å². The van der Waals surface area contributed by atoms with E-state index in [0.717, 1.165) is 17.9 Å². The van der Waals surface area contributed by atoms with Crippen molar-refractivity contribution in [1.29, 1.82) is 0 Å². The van der Waals surface area contributed by atoms with Gasteiger partial charge in [0.2, 0.25) is 10.0 Å². The second-order valence-electron chi connectivity index (χ2n) is 10.0. The molecular formula is C28H29F3N2O5S. The molecular weight excluding hydrogens is 533 g/mol. The fourth-order valence-electron chi connectivity index (χ4n) is 5.61. The maximum atomic E-state index is 14.2. The Morgan fingerprint density at radius 3 is 2.28 bits per heavy atom. The molecule has 2 saturated heterocycles. The standard InChI is InChI=1S/C28H29F3N2O5S/c1-37-27(28(29,30)31,22-9-3-2-4-10-22)25(34)32-23-18-26(38-19-23)13-15-33(16-14-26)39(35,36)24-12-11-20-7-5-6-8-21(20)17-24/h2-12,17,23H,13-16,18-19H2,1H3,(H,32,34)/t23-,27+/m0/s1. The number of hydrogen-bond donors (Lipinski definition) is 1. The van der Waals surface area contributed by atoms with E-state index in [2.05, 4.69) is 5.32 Å². The van der Waals surface area contributed by atoms with Crippen molar-refractivity contribution < 1.29 is 35.9 Å². The predicted molar refractivity (Wildman–Crippen MR) is 138 cm³/mol. The molecule has 11 heteroatoms. The van der Waals surface area contributed by atoms with E-state index in [-0.39, 0.29) is 36.6 Å². The Labute approximate surface area is 224 Å². The number of halogens is 3. The number of nitrogens with one attached hydrogen (secondary N) is 1. The van der Waals surface area contributed by atoms with Crippen LogP contribution in [0.25, 0.3) is 10.8 Å². The van der Waals surface area contributed by atoms with E-state index in [4.69, 9.17) is 9.47 Å². The van der Waals surface area contributed by atoms with Gasteiger partial charge in [0.1, 0.15) is 0 Å². The van der Waals surface area contributed by atoms with Gasteiger partial charge in [-0.3, -0.25) is 4.79 Å². The van der Waals surface area contributed by atoms with E-state index in [1.807, 2.05) is 24.3 Å². The Morgan fingerprint density at radius 1 is 1.00 bits per heavy atom. The van der Waals surface area contributed by atoms with E-state index >= 15 is 0 Å². The Morgan fingerprint density at radius 2 is 1.64 bits per heavy atom. The first kappa shape index (κ1) is 27.6. The molecule has 1 N–H and O–H groups in total. The van der Waals surface area contributed by atoms with E-state index in [1.54, 1.807) is 24.3 Å². The van der Waals surface area contributed by atoms with Gasteiger partial charge < -0.3 is 14.8 Å². The van der Waals surface area contributed by atoms with Crippen LogP contribution in [-0.2, 0) is 29.9 Å². The number of ether oxygens (including phenoxy) is 2. The van der Waals surface area contributed by atoms with Gasteiger partial charge in [0.25, 0.3) is 11.5 Å². The number of piperidine rings is 1. The van der Waals surface area contributed by atoms with Gasteiger partial charge in [0.15, 0.2) is 0 Å². The van der Waals surface area contributed by atoms with Crippen LogP contribution in [0.1, 0.15) is 24.8 Å². The van der Waals surface area contributed by atoms with Crippen LogP contribution in [0, 0.1) is 0 Å². The lowest BCUT2D eigenvalue weighted by Crippen LogP contribution is -2.57. The summed E-state index contributed by atoms with van der Waals surface area (Å²) in [6, 6.07) is 18.6. The second-order valence-corrected chi connectivity index (χ2v) is 12.0. The minimum atomic E-state index is -5.01. The third-order valence-electron chi connectivity index (χ3n) is 7.74. The SMILES string of the molecule is CO[C@@](C(=O)N[C@@H]1COC2(CCN(S(=O)(=O)c3ccc4ccccc4c3)CC2)C1)(c1ccccc1)C(F)(F)F. The van der Waals surface area contributed by atoms with Crippen molar-refractivity contribution in [2.24, 2.45) is 0 Å². The van der Waals surface area contributed by atoms with Crippen LogP contribution in [0.4, 0.5) is 13.2 Å². The van der Waals surface area contributed by atoms with Crippen LogP contribution >= 0.6 is 0 Å². The second kappa shape index (κ2) is 10.2. The first-order chi connectivity index (χ1) is 18.5. The van der Waals surface area contributed by atoms with Crippen molar-refractivity contribution in [1.82, 2.24) is 9.62 Å². The number of nitrogens with zero attached hydrogens (tertiary/aromatic N) is 1. The minimum Gasteiger partial charge on any atom is -0.373 e. The number of alkyl halides is 3. The number of benzene rings is 3. The van der Waals surface area contributed by atoms with Gasteiger partial charge in [-0.25, -0.2) is 8.42 Å². The average molecular weight is 563 g/mol. The molecule has 7 nitrogen and oxygen atoms in total. The zero-order valence-corrected chi connectivity index (χ0v) is 22.1. The van der Waals surface area contributed by atoms with Crippen LogP contribution in [0.5, 0.6) is 0 Å². The maximum absolute atomic E-state index is 14.2. The molecule has 2 atom stereocenters. The molecule has 2 heterocycles. The molecule has 5 rings (SSSR count). The number of sulfonamides is 1. The van der Waals surface area contributed by atoms with Gasteiger partial charge in [-0.15, -0.1) is 0 Å². The topological polar surface area (TPSA) is 84.9 Å². The summed E-state index contributed by atoms with van der Waals surface area (Å²) in [5.74, 6) is -1.31. The van der Waals surface area contributed by atoms with Crippen molar-refractivity contribution in [3.05, 3.63) is 78.4 Å². The highest BCUT2D eigenvalue weighted by Gasteiger charge is 2.63. The number of rotatable bonds is 6. The summed E-state index contributed by atoms with van der Waals surface area (Å²) >= 11 is 0. The summed E-state index contributed by atoms with van der Waals surface area (Å²) in [4.78, 5) is 13.3. The number of hydrogen-bond acceptors (Lipinski definition) is 5. The van der Waals surface area contributed by atoms with E-state index < -0.39 is 39.4 Å². The molecule has 208 valence electrons. The van der Waals surface area contributed by atoms with Gasteiger partial charge in [-0.05, 0) is 42.2 Å². The van der Waals surface area contributed by atoms with Crippen LogP contribution in [-0.4, -0.2) is 63.3 Å². The molecule has 0 bridgehead atoms. The van der Waals surface area contributed by atoms with Crippen molar-refractivity contribution in [2.45, 2.75) is 47.6 Å². The van der Waals surface area contributed by atoms with Crippen molar-refractivity contribution >= 4 is 26.7 Å². The average Bonchev–Trinajstić information content (AvgIpc) is 3.30. The Kier molecular flexibility index (Phi) is 7.21. The zero-order valence-electron chi connectivity index (χ0n) is 21.3. The highest BCUT2D eigenvalue weighted by molar-refractivity contribution is 7.89. The first-order valence-electron chi connectivity index (χ1n) is 12.6. The number of fused-ring (bicyclic) bond motifs is 1. The van der Waals surface area contributed by atoms with Crippen LogP contribution < -0.4 is 5.32 Å². The van der Waals surface area contributed by atoms with E-state index in [1.165, 1.54) is 28.6 Å². The largest absolute Gasteiger partial charge is 0.430 e. The summed E-state index contributed by atoms with van der Waals surface area (Å²) < 4.78 is 81.6. The predicted octanol–water partition coefficient (Wildman–Crippen LogP) is 4.37. The van der Waals surface area contributed by atoms with E-state index in [9.17, 15) is 26.4 Å². The van der Waals surface area contributed by atoms with Crippen molar-refractivity contribution in [2.75, 3.05) is 26.8 Å². The molecule has 0 radical (unpaired) electrons. The molecule has 2 aliphatic heterocycles. The molecule has 2 aliphatic rings. The summed E-state index contributed by atoms with van der Waals surface area (Å²) in [6.45, 7) is 0.421. The highest BCUT2D eigenvalue weighted by Crippen LogP contribution is 2.43. The minimum absolute atomic E-state index is 0.0234. The monoisotopic (exact) mass is 562 g/mol. The summed E-state index contributed by atoms with van der Waals surface area (Å²) in [5.41, 5.74) is -4.21. The first-order valence-corrected chi connectivity index (χ1v) is 14.1. The third-order valence-corrected chi connectivity index (χ3v) is 9.64. The molecule has 1 amide bonds. The van der Waals surface area contributed by atoms with Crippen LogP contribution in [0.2, 0.25) is 0 Å². The molecule has 0 aliphatic carbocycles. The Hall–Kier alpha value is -2.99. The smallest absolute Gasteiger partial charge is 0.373 e. The lowest BCUT2D eigenvalue weighted by molar-refractivity contribution is -0.266. The summed E-state index contributed by atoms with van der Waals surface area (Å²) in [5, 5.41) is 4.26. The van der Waals surface area contributed by atoms with Gasteiger partial charge in [-0.2, -0.15) is 17.5 Å². The van der Waals surface area contributed by atoms with Gasteiger partial charge in [-0.1, -0.05) is 60.7 Å². The van der Waals surface area contributed by atoms with Crippen molar-refractivity contribution in [3.63, 3.8) is 0 Å². The number of carbonyl (C=O) groups is 1. The van der Waals surface area contributed by atoms with Gasteiger partial charge in [0, 0.05) is 25.8 Å². The lowest BCUT2D eigenvalue weighted by atomic mass is 9.87. The van der Waals surface area contributed by atoms with Crippen LogP contribution in [0.15, 0.2) is 77.7 Å². The lowest BCUT2D eigenvalue weighted by Gasteiger charge is -2.38. The normalized spacial score (nSPS) is 21.6. The third kappa shape index (κ3) is 4.93. The molecule has 3 aromatic rings. The summed E-state index contributed by atoms with van der Waals surface area (Å²) in [7, 11) is -2.88. The summed E-state index contributed by atoms with van der Waals surface area (Å²) in [6.07, 6.45) is -4.01. The molecule has 1 spiro atoms. The number of methoxy groups -OCH3 is 1. The maximum Gasteiger partial charge on any atom is 0.430 e. The zero-order chi connectivity index (χ0) is 27.9. The molecule has 0 saturated carbocycles. The number of carbonyl (C=O) groups excluding carboxylic acids is 1. The van der Waals surface area contributed by atoms with Crippen LogP contribution in [0.3, 0.4) is 0 Å². The quantitative estimate of drug-likeness (QED) is 0.482.